The first-order valence-electron chi connectivity index (χ1n) is 5.12. The normalized spacial score (nSPS) is 11.7. The van der Waals surface area contributed by atoms with Gasteiger partial charge in [-0.1, -0.05) is 6.07 Å². The molecule has 7 nitrogen and oxygen atoms in total. The van der Waals surface area contributed by atoms with Gasteiger partial charge in [0.1, 0.15) is 11.3 Å². The number of carboxylic acid groups (broad SMARTS) is 1. The van der Waals surface area contributed by atoms with Crippen molar-refractivity contribution in [1.82, 2.24) is 0 Å². The number of carboxylic acids is 1. The molecule has 0 aliphatic carbocycles. The first-order valence-corrected chi connectivity index (χ1v) is 5.12. The van der Waals surface area contributed by atoms with Gasteiger partial charge in [-0.3, -0.25) is 14.9 Å². The molecular weight excluding hydrogens is 240 g/mol. The summed E-state index contributed by atoms with van der Waals surface area (Å²) in [4.78, 5) is 32.1. The average molecular weight is 252 g/mol. The Labute approximate surface area is 103 Å². The third-order valence-electron chi connectivity index (χ3n) is 2.43. The third-order valence-corrected chi connectivity index (χ3v) is 2.43. The van der Waals surface area contributed by atoms with Gasteiger partial charge in [-0.25, -0.2) is 4.79 Å². The monoisotopic (exact) mass is 252 g/mol. The minimum Gasteiger partial charge on any atom is -0.477 e. The van der Waals surface area contributed by atoms with Crippen LogP contribution >= 0.6 is 0 Å². The van der Waals surface area contributed by atoms with Crippen molar-refractivity contribution in [3.05, 3.63) is 33.9 Å². The number of nitro benzene ring substituents is 1. The molecule has 0 amide bonds. The Morgan fingerprint density at radius 2 is 2.06 bits per heavy atom. The molecule has 96 valence electrons. The molecule has 0 fully saturated rings. The SMILES string of the molecule is CC(=O)C(C)Nc1cccc(C(=O)O)c1[N+](=O)[O-]. The minimum atomic E-state index is -1.39. The van der Waals surface area contributed by atoms with Gasteiger partial charge in [0.15, 0.2) is 5.78 Å². The molecule has 1 aromatic rings. The topological polar surface area (TPSA) is 110 Å². The molecule has 0 saturated heterocycles. The van der Waals surface area contributed by atoms with Crippen molar-refractivity contribution >= 4 is 23.1 Å². The highest BCUT2D eigenvalue weighted by Crippen LogP contribution is 2.29. The van der Waals surface area contributed by atoms with Gasteiger partial charge in [-0.05, 0) is 26.0 Å². The fourth-order valence-electron chi connectivity index (χ4n) is 1.36. The van der Waals surface area contributed by atoms with Crippen LogP contribution in [0.15, 0.2) is 18.2 Å². The second-order valence-electron chi connectivity index (χ2n) is 3.74. The first-order chi connectivity index (χ1) is 8.34. The molecule has 0 spiro atoms. The molecule has 2 N–H and O–H groups in total. The molecule has 1 aromatic carbocycles. The maximum absolute atomic E-state index is 11.1. The molecule has 1 atom stereocenters. The van der Waals surface area contributed by atoms with Crippen molar-refractivity contribution in [2.75, 3.05) is 5.32 Å². The number of hydrogen-bond donors (Lipinski definition) is 2. The fraction of sp³-hybridized carbons (Fsp3) is 0.273. The minimum absolute atomic E-state index is 0.0163. The summed E-state index contributed by atoms with van der Waals surface area (Å²) < 4.78 is 0. The van der Waals surface area contributed by atoms with Crippen molar-refractivity contribution in [2.24, 2.45) is 0 Å². The van der Waals surface area contributed by atoms with E-state index in [2.05, 4.69) is 5.32 Å². The number of carbonyl (C=O) groups is 2. The highest BCUT2D eigenvalue weighted by molar-refractivity contribution is 5.96. The molecule has 0 radical (unpaired) electrons. The predicted octanol–water partition coefficient (Wildman–Crippen LogP) is 1.68. The van der Waals surface area contributed by atoms with E-state index in [4.69, 9.17) is 5.11 Å². The number of aromatic carboxylic acids is 1. The summed E-state index contributed by atoms with van der Waals surface area (Å²) in [5.74, 6) is -1.59. The summed E-state index contributed by atoms with van der Waals surface area (Å²) in [5.41, 5.74) is -0.943. The lowest BCUT2D eigenvalue weighted by molar-refractivity contribution is -0.384. The number of nitrogens with one attached hydrogen (secondary N) is 1. The molecule has 7 heteroatoms. The zero-order valence-electron chi connectivity index (χ0n) is 9.84. The van der Waals surface area contributed by atoms with E-state index >= 15 is 0 Å². The summed E-state index contributed by atoms with van der Waals surface area (Å²) in [6.45, 7) is 2.88. The number of benzene rings is 1. The van der Waals surface area contributed by atoms with Gasteiger partial charge in [-0.2, -0.15) is 0 Å². The molecule has 0 heterocycles. The van der Waals surface area contributed by atoms with Crippen LogP contribution in [-0.2, 0) is 4.79 Å². The van der Waals surface area contributed by atoms with Crippen LogP contribution in [0.25, 0.3) is 0 Å². The molecule has 0 aliphatic heterocycles. The van der Waals surface area contributed by atoms with E-state index in [-0.39, 0.29) is 11.5 Å². The van der Waals surface area contributed by atoms with Crippen LogP contribution in [0.2, 0.25) is 0 Å². The zero-order chi connectivity index (χ0) is 13.9. The summed E-state index contributed by atoms with van der Waals surface area (Å²) >= 11 is 0. The second-order valence-corrected chi connectivity index (χ2v) is 3.74. The van der Waals surface area contributed by atoms with E-state index in [0.29, 0.717) is 0 Å². The molecule has 1 rings (SSSR count). The van der Waals surface area contributed by atoms with E-state index in [9.17, 15) is 19.7 Å². The Hall–Kier alpha value is -2.44. The number of carbonyl (C=O) groups excluding carboxylic acids is 1. The first kappa shape index (κ1) is 13.6. The molecule has 1 unspecified atom stereocenters. The van der Waals surface area contributed by atoms with Crippen molar-refractivity contribution in [3.63, 3.8) is 0 Å². The fourth-order valence-corrected chi connectivity index (χ4v) is 1.36. The molecule has 0 aromatic heterocycles. The number of nitrogens with zero attached hydrogens (tertiary/aromatic N) is 1. The van der Waals surface area contributed by atoms with Crippen molar-refractivity contribution in [2.45, 2.75) is 19.9 Å². The Morgan fingerprint density at radius 3 is 2.50 bits per heavy atom. The van der Waals surface area contributed by atoms with Gasteiger partial charge in [0.05, 0.1) is 11.0 Å². The van der Waals surface area contributed by atoms with Gasteiger partial charge in [-0.15, -0.1) is 0 Å². The molecule has 0 aliphatic rings. The lowest BCUT2D eigenvalue weighted by atomic mass is 10.1. The van der Waals surface area contributed by atoms with Crippen LogP contribution in [0, 0.1) is 10.1 Å². The highest BCUT2D eigenvalue weighted by atomic mass is 16.6. The highest BCUT2D eigenvalue weighted by Gasteiger charge is 2.25. The maximum atomic E-state index is 11.1. The Balaban J connectivity index is 3.27. The van der Waals surface area contributed by atoms with Gasteiger partial charge >= 0.3 is 11.7 Å². The van der Waals surface area contributed by atoms with E-state index in [0.717, 1.165) is 6.07 Å². The van der Waals surface area contributed by atoms with Crippen LogP contribution in [0.3, 0.4) is 0 Å². The second kappa shape index (κ2) is 5.26. The molecule has 0 saturated carbocycles. The van der Waals surface area contributed by atoms with Gasteiger partial charge in [0.25, 0.3) is 0 Å². The van der Waals surface area contributed by atoms with Crippen molar-refractivity contribution in [1.29, 1.82) is 0 Å². The maximum Gasteiger partial charge on any atom is 0.342 e. The van der Waals surface area contributed by atoms with Crippen molar-refractivity contribution < 1.29 is 19.6 Å². The molecule has 0 bridgehead atoms. The van der Waals surface area contributed by atoms with Gasteiger partial charge in [0.2, 0.25) is 0 Å². The van der Waals surface area contributed by atoms with Crippen LogP contribution in [0.5, 0.6) is 0 Å². The number of anilines is 1. The number of nitro groups is 1. The summed E-state index contributed by atoms with van der Waals surface area (Å²) in [5, 5.41) is 22.4. The van der Waals surface area contributed by atoms with Crippen LogP contribution in [-0.4, -0.2) is 27.8 Å². The van der Waals surface area contributed by atoms with E-state index in [1.54, 1.807) is 6.92 Å². The van der Waals surface area contributed by atoms with Crippen molar-refractivity contribution in [3.8, 4) is 0 Å². The van der Waals surface area contributed by atoms with Crippen LogP contribution in [0.4, 0.5) is 11.4 Å². The number of hydrogen-bond acceptors (Lipinski definition) is 5. The third kappa shape index (κ3) is 2.82. The smallest absolute Gasteiger partial charge is 0.342 e. The van der Waals surface area contributed by atoms with E-state index in [1.165, 1.54) is 19.1 Å². The lowest BCUT2D eigenvalue weighted by Gasteiger charge is -2.12. The number of ketones is 1. The largest absolute Gasteiger partial charge is 0.477 e. The number of rotatable bonds is 5. The van der Waals surface area contributed by atoms with E-state index < -0.39 is 28.2 Å². The van der Waals surface area contributed by atoms with Crippen LogP contribution < -0.4 is 5.32 Å². The zero-order valence-corrected chi connectivity index (χ0v) is 9.84. The van der Waals surface area contributed by atoms with Gasteiger partial charge < -0.3 is 10.4 Å². The van der Waals surface area contributed by atoms with E-state index in [1.807, 2.05) is 0 Å². The summed E-state index contributed by atoms with van der Waals surface area (Å²) in [7, 11) is 0. The average Bonchev–Trinajstić information content (AvgIpc) is 2.27. The molecular formula is C11H12N2O5. The summed E-state index contributed by atoms with van der Waals surface area (Å²) in [6, 6.07) is 3.26. The van der Waals surface area contributed by atoms with Gasteiger partial charge in [0, 0.05) is 0 Å². The Morgan fingerprint density at radius 1 is 1.44 bits per heavy atom. The lowest BCUT2D eigenvalue weighted by Crippen LogP contribution is -2.24. The number of para-hydroxylation sites is 1. The quantitative estimate of drug-likeness (QED) is 0.609. The Bertz CT molecular complexity index is 512. The number of Topliss-reactive ketones (excluding diaryl/α,β-unsaturated/α-hetero) is 1. The predicted molar refractivity (Wildman–Crippen MR) is 63.8 cm³/mol. The summed E-state index contributed by atoms with van der Waals surface area (Å²) in [6.07, 6.45) is 0. The standard InChI is InChI=1S/C11H12N2O5/c1-6(7(2)14)12-9-5-3-4-8(11(15)16)10(9)13(17)18/h3-6,12H,1-2H3,(H,15,16). The van der Waals surface area contributed by atoms with Crippen LogP contribution in [0.1, 0.15) is 24.2 Å². The molecule has 18 heavy (non-hydrogen) atoms. The Kier molecular flexibility index (Phi) is 3.98.